The smallest absolute Gasteiger partial charge is 0.0979 e. The second kappa shape index (κ2) is 13.3. The van der Waals surface area contributed by atoms with Gasteiger partial charge in [-0.1, -0.05) is 152 Å². The molecule has 0 aliphatic heterocycles. The predicted octanol–water partition coefficient (Wildman–Crippen LogP) is 14.7. The molecule has 282 valence electrons. The van der Waals surface area contributed by atoms with Gasteiger partial charge in [-0.2, -0.15) is 0 Å². The van der Waals surface area contributed by atoms with Gasteiger partial charge in [0.25, 0.3) is 0 Å². The Morgan fingerprint density at radius 3 is 1.12 bits per heavy atom. The maximum Gasteiger partial charge on any atom is 0.0979 e. The van der Waals surface area contributed by atoms with Crippen molar-refractivity contribution in [3.63, 3.8) is 0 Å². The van der Waals surface area contributed by atoms with Crippen molar-refractivity contribution in [2.75, 3.05) is 0 Å². The van der Waals surface area contributed by atoms with Crippen LogP contribution in [0.15, 0.2) is 97.1 Å². The molecule has 6 aromatic carbocycles. The highest BCUT2D eigenvalue weighted by atomic mass is 14.9. The molecule has 3 aliphatic rings. The van der Waals surface area contributed by atoms with E-state index in [9.17, 15) is 0 Å². The minimum absolute atomic E-state index is 0.163. The summed E-state index contributed by atoms with van der Waals surface area (Å²) >= 11 is 0. The number of benzene rings is 6. The van der Waals surface area contributed by atoms with Gasteiger partial charge in [0, 0.05) is 38.4 Å². The number of nitrogens with zero attached hydrogens (tertiary/aromatic N) is 4. The summed E-state index contributed by atoms with van der Waals surface area (Å²) in [6.07, 6.45) is 12.2. The van der Waals surface area contributed by atoms with Gasteiger partial charge in [-0.25, -0.2) is 19.9 Å². The van der Waals surface area contributed by atoms with Crippen LogP contribution >= 0.6 is 0 Å². The largest absolute Gasteiger partial charge is 0.244 e. The van der Waals surface area contributed by atoms with Crippen LogP contribution < -0.4 is 0 Å². The molecule has 0 saturated heterocycles. The lowest BCUT2D eigenvalue weighted by molar-refractivity contribution is 0.266. The van der Waals surface area contributed by atoms with Gasteiger partial charge in [-0.05, 0) is 82.0 Å². The molecule has 0 fully saturated rings. The van der Waals surface area contributed by atoms with Crippen molar-refractivity contribution >= 4 is 43.6 Å². The van der Waals surface area contributed by atoms with Gasteiger partial charge < -0.3 is 0 Å². The number of rotatable bonds is 12. The molecule has 0 saturated carbocycles. The monoisotopic (exact) mass is 742 g/mol. The van der Waals surface area contributed by atoms with E-state index in [4.69, 9.17) is 19.9 Å². The third-order valence-electron chi connectivity index (χ3n) is 14.1. The number of hydrogen-bond donors (Lipinski definition) is 0. The molecule has 2 atom stereocenters. The lowest BCUT2D eigenvalue weighted by Crippen LogP contribution is -2.31. The number of unbranched alkanes of at least 4 members (excludes halogenated alkanes) is 2. The van der Waals surface area contributed by atoms with E-state index in [1.807, 2.05) is 0 Å². The minimum Gasteiger partial charge on any atom is -0.244 e. The Labute approximate surface area is 335 Å². The van der Waals surface area contributed by atoms with E-state index in [0.717, 1.165) is 57.7 Å². The predicted molar refractivity (Wildman–Crippen MR) is 239 cm³/mol. The molecule has 2 unspecified atom stereocenters. The number of hydrogen-bond acceptors (Lipinski definition) is 4. The summed E-state index contributed by atoms with van der Waals surface area (Å²) in [6.45, 7) is 9.51. The van der Waals surface area contributed by atoms with E-state index in [1.165, 1.54) is 117 Å². The van der Waals surface area contributed by atoms with Crippen LogP contribution in [0, 0.1) is 11.8 Å². The molecule has 4 heteroatoms. The average molecular weight is 743 g/mol. The molecule has 0 radical (unpaired) electrons. The van der Waals surface area contributed by atoms with Crippen LogP contribution in [-0.4, -0.2) is 19.9 Å². The molecule has 3 aliphatic carbocycles. The zero-order valence-electron chi connectivity index (χ0n) is 33.8. The Morgan fingerprint density at radius 2 is 0.789 bits per heavy atom. The molecule has 4 nitrogen and oxygen atoms in total. The molecule has 0 bridgehead atoms. The highest BCUT2D eigenvalue weighted by Gasteiger charge is 2.46. The molecule has 2 heterocycles. The Morgan fingerprint density at radius 1 is 0.439 bits per heavy atom. The maximum absolute atomic E-state index is 5.55. The molecule has 2 aromatic heterocycles. The molecular formula is C53H50N4. The number of aromatic nitrogens is 4. The highest BCUT2D eigenvalue weighted by Crippen LogP contribution is 2.58. The molecule has 11 rings (SSSR count). The van der Waals surface area contributed by atoms with Crippen LogP contribution in [0.3, 0.4) is 0 Å². The summed E-state index contributed by atoms with van der Waals surface area (Å²) < 4.78 is 0. The van der Waals surface area contributed by atoms with Crippen LogP contribution in [0.25, 0.3) is 99.8 Å². The normalized spacial score (nSPS) is 15.0. The molecule has 8 aromatic rings. The van der Waals surface area contributed by atoms with Gasteiger partial charge in [0.1, 0.15) is 0 Å². The third kappa shape index (κ3) is 5.11. The Balaban J connectivity index is 1.18. The first kappa shape index (κ1) is 34.7. The van der Waals surface area contributed by atoms with Crippen molar-refractivity contribution in [2.24, 2.45) is 11.8 Å². The molecule has 0 spiro atoms. The van der Waals surface area contributed by atoms with Crippen molar-refractivity contribution in [1.82, 2.24) is 19.9 Å². The first-order valence-corrected chi connectivity index (χ1v) is 21.8. The molecule has 0 amide bonds. The minimum atomic E-state index is -0.163. The Kier molecular flexibility index (Phi) is 8.11. The van der Waals surface area contributed by atoms with Crippen molar-refractivity contribution in [2.45, 2.75) is 97.3 Å². The average Bonchev–Trinajstić information content (AvgIpc) is 3.82. The van der Waals surface area contributed by atoms with Crippen LogP contribution in [0.2, 0.25) is 0 Å². The lowest BCUT2D eigenvalue weighted by Gasteiger charge is -2.38. The van der Waals surface area contributed by atoms with Gasteiger partial charge >= 0.3 is 0 Å². The summed E-state index contributed by atoms with van der Waals surface area (Å²) in [5.41, 5.74) is 18.1. The summed E-state index contributed by atoms with van der Waals surface area (Å²) in [5, 5.41) is 5.05. The number of fused-ring (bicyclic) bond motifs is 11. The molecule has 0 N–H and O–H groups in total. The Hall–Kier alpha value is -5.48. The lowest BCUT2D eigenvalue weighted by atomic mass is 9.65. The zero-order valence-corrected chi connectivity index (χ0v) is 33.8. The second-order valence-electron chi connectivity index (χ2n) is 17.4. The van der Waals surface area contributed by atoms with E-state index in [2.05, 4.69) is 125 Å². The summed E-state index contributed by atoms with van der Waals surface area (Å²) in [6, 6.07) is 36.1. The van der Waals surface area contributed by atoms with E-state index in [1.54, 1.807) is 0 Å². The van der Waals surface area contributed by atoms with E-state index < -0.39 is 0 Å². The topological polar surface area (TPSA) is 51.6 Å². The first-order chi connectivity index (χ1) is 28.0. The first-order valence-electron chi connectivity index (χ1n) is 21.8. The standard InChI is InChI=1S/C53H50N4/c1-5-9-15-31(7-3)29-53(30-32(8-4)16-10-6-2)41-27-45-43(54-49-35-21-11-17-33-19-13-23-37(47(33)35)51(49)56-45)25-39(41)40-26-44-46(28-42(40)53)57-52-38-24-14-20-34-18-12-22-36(48(34)38)50(52)55-44/h11-14,17-28,31-32H,5-10,15-16,29-30H2,1-4H3. The van der Waals surface area contributed by atoms with Crippen molar-refractivity contribution in [1.29, 1.82) is 0 Å². The van der Waals surface area contributed by atoms with Crippen LogP contribution in [0.4, 0.5) is 0 Å². The maximum atomic E-state index is 5.55. The van der Waals surface area contributed by atoms with Crippen molar-refractivity contribution < 1.29 is 0 Å². The fraction of sp³-hybridized carbons (Fsp3) is 0.321. The quantitative estimate of drug-likeness (QED) is 0.125. The van der Waals surface area contributed by atoms with Crippen LogP contribution in [0.5, 0.6) is 0 Å². The fourth-order valence-electron chi connectivity index (χ4n) is 11.2. The van der Waals surface area contributed by atoms with Gasteiger partial charge in [-0.15, -0.1) is 0 Å². The van der Waals surface area contributed by atoms with Gasteiger partial charge in [0.2, 0.25) is 0 Å². The SMILES string of the molecule is CCCCC(CC)CC1(CC(CC)CCCC)c2cc3nc4c(nc3cc2-c2cc3nc5c(nc3cc21)-c1cccc2cccc-5c12)-c1cccc2cccc-4c12. The summed E-state index contributed by atoms with van der Waals surface area (Å²) in [7, 11) is 0. The van der Waals surface area contributed by atoms with Gasteiger partial charge in [0.05, 0.1) is 44.8 Å². The van der Waals surface area contributed by atoms with Crippen LogP contribution in [0.1, 0.15) is 103 Å². The van der Waals surface area contributed by atoms with E-state index >= 15 is 0 Å². The summed E-state index contributed by atoms with van der Waals surface area (Å²) in [4.78, 5) is 22.1. The van der Waals surface area contributed by atoms with Crippen LogP contribution in [-0.2, 0) is 5.41 Å². The second-order valence-corrected chi connectivity index (χ2v) is 17.4. The van der Waals surface area contributed by atoms with Gasteiger partial charge in [0.15, 0.2) is 0 Å². The molecule has 57 heavy (non-hydrogen) atoms. The van der Waals surface area contributed by atoms with E-state index in [0.29, 0.717) is 11.8 Å². The highest BCUT2D eigenvalue weighted by molar-refractivity contribution is 6.15. The Bertz CT molecular complexity index is 2730. The van der Waals surface area contributed by atoms with E-state index in [-0.39, 0.29) is 5.41 Å². The third-order valence-corrected chi connectivity index (χ3v) is 14.1. The van der Waals surface area contributed by atoms with Gasteiger partial charge in [-0.3, -0.25) is 0 Å². The zero-order chi connectivity index (χ0) is 38.4. The fourth-order valence-corrected chi connectivity index (χ4v) is 11.2. The van der Waals surface area contributed by atoms with Crippen molar-refractivity contribution in [3.05, 3.63) is 108 Å². The van der Waals surface area contributed by atoms with Crippen molar-refractivity contribution in [3.8, 4) is 56.2 Å². The molecular weight excluding hydrogens is 693 g/mol. The summed E-state index contributed by atoms with van der Waals surface area (Å²) in [5.74, 6) is 1.24.